The quantitative estimate of drug-likeness (QED) is 0.104. The van der Waals surface area contributed by atoms with Gasteiger partial charge in [0.15, 0.2) is 15.6 Å². The van der Waals surface area contributed by atoms with Gasteiger partial charge in [-0.05, 0) is 98.9 Å². The molecule has 4 rings (SSSR count). The van der Waals surface area contributed by atoms with E-state index in [1.54, 1.807) is 6.92 Å². The van der Waals surface area contributed by atoms with Gasteiger partial charge in [-0.1, -0.05) is 0 Å². The van der Waals surface area contributed by atoms with Gasteiger partial charge in [-0.3, -0.25) is 4.79 Å². The molecule has 1 aliphatic rings. The number of ether oxygens (including phenoxy) is 2. The summed E-state index contributed by atoms with van der Waals surface area (Å²) in [4.78, 5) is 22.1. The molecule has 1 aliphatic carbocycles. The highest BCUT2D eigenvalue weighted by molar-refractivity contribution is 7.90. The molecule has 1 aromatic heterocycles. The van der Waals surface area contributed by atoms with Gasteiger partial charge in [0.05, 0.1) is 47.5 Å². The van der Waals surface area contributed by atoms with Crippen molar-refractivity contribution in [2.45, 2.75) is 70.6 Å². The monoisotopic (exact) mass is 812 g/mol. The van der Waals surface area contributed by atoms with Crippen LogP contribution in [-0.2, 0) is 44.4 Å². The molecule has 1 unspecified atom stereocenters. The number of nitrogens with zero attached hydrogens (tertiary/aromatic N) is 4. The van der Waals surface area contributed by atoms with Crippen LogP contribution in [0.15, 0.2) is 48.8 Å². The van der Waals surface area contributed by atoms with Crippen molar-refractivity contribution in [1.82, 2.24) is 9.97 Å². The summed E-state index contributed by atoms with van der Waals surface area (Å²) in [5, 5.41) is 0. The molecule has 1 saturated carbocycles. The van der Waals surface area contributed by atoms with Gasteiger partial charge in [0.1, 0.15) is 6.61 Å². The second kappa shape index (κ2) is 17.7. The van der Waals surface area contributed by atoms with E-state index in [1.165, 1.54) is 17.9 Å². The van der Waals surface area contributed by atoms with Crippen LogP contribution in [0, 0.1) is 11.8 Å². The van der Waals surface area contributed by atoms with E-state index in [4.69, 9.17) is 9.47 Å². The number of anilines is 2. The predicted octanol–water partition coefficient (Wildman–Crippen LogP) is 8.53. The van der Waals surface area contributed by atoms with E-state index < -0.39 is 63.2 Å². The number of halogens is 9. The van der Waals surface area contributed by atoms with E-state index in [1.807, 2.05) is 4.90 Å². The molecule has 3 aromatic rings. The summed E-state index contributed by atoms with van der Waals surface area (Å²) in [6.45, 7) is 3.78. The van der Waals surface area contributed by atoms with Gasteiger partial charge in [0, 0.05) is 31.6 Å². The predicted molar refractivity (Wildman–Crippen MR) is 185 cm³/mol. The number of aromatic nitrogens is 2. The molecule has 0 spiro atoms. The van der Waals surface area contributed by atoms with Crippen LogP contribution in [0.1, 0.15) is 73.4 Å². The van der Waals surface area contributed by atoms with Crippen LogP contribution in [0.3, 0.4) is 0 Å². The van der Waals surface area contributed by atoms with Gasteiger partial charge < -0.3 is 19.3 Å². The van der Waals surface area contributed by atoms with Gasteiger partial charge in [0.25, 0.3) is 6.47 Å². The van der Waals surface area contributed by atoms with Gasteiger partial charge in [-0.15, -0.1) is 0 Å². The Hall–Kier alpha value is -4.29. The number of hydrogen-bond donors (Lipinski definition) is 0. The molecule has 2 aromatic carbocycles. The maximum absolute atomic E-state index is 14.1. The van der Waals surface area contributed by atoms with Crippen LogP contribution < -0.4 is 14.5 Å². The van der Waals surface area contributed by atoms with Crippen molar-refractivity contribution in [1.29, 1.82) is 0 Å². The van der Waals surface area contributed by atoms with Crippen LogP contribution in [0.5, 0.6) is 5.75 Å². The molecular formula is C36H41F9N4O5S. The number of hydrogen-bond acceptors (Lipinski definition) is 9. The number of alkyl halides is 9. The van der Waals surface area contributed by atoms with Crippen molar-refractivity contribution >= 4 is 27.9 Å². The molecule has 0 aliphatic heterocycles. The maximum atomic E-state index is 14.1. The lowest BCUT2D eigenvalue weighted by molar-refractivity contribution is -0.143. The lowest BCUT2D eigenvalue weighted by atomic mass is 9.82. The Kier molecular flexibility index (Phi) is 14.0. The number of benzene rings is 2. The number of rotatable bonds is 16. The second-order valence-corrected chi connectivity index (χ2v) is 15.8. The molecule has 304 valence electrons. The highest BCUT2D eigenvalue weighted by Gasteiger charge is 2.38. The highest BCUT2D eigenvalue weighted by atomic mass is 32.2. The summed E-state index contributed by atoms with van der Waals surface area (Å²) in [5.41, 5.74) is -4.24. The minimum Gasteiger partial charge on any atom is -0.489 e. The van der Waals surface area contributed by atoms with E-state index in [0.29, 0.717) is 37.4 Å². The number of carbonyl (C=O) groups is 1. The Morgan fingerprint density at radius 1 is 0.855 bits per heavy atom. The van der Waals surface area contributed by atoms with E-state index >= 15 is 0 Å². The third-order valence-corrected chi connectivity index (χ3v) is 10.4. The van der Waals surface area contributed by atoms with Crippen LogP contribution in [-0.4, -0.2) is 63.2 Å². The SMILES string of the molecule is CCN(CC1CCC(COC=O)CC1)c1ccc(C(F)(F)F)cc1CN(c1ncc(OCCS(C)(=O)=O)cn1)C(C)c1cc(C(F)(F)F)cc(C(F)(F)F)c1. The summed E-state index contributed by atoms with van der Waals surface area (Å²) in [6.07, 6.45) is -8.87. The Bertz CT molecular complexity index is 1820. The van der Waals surface area contributed by atoms with Crippen molar-refractivity contribution in [2.24, 2.45) is 11.8 Å². The molecule has 0 N–H and O–H groups in total. The van der Waals surface area contributed by atoms with Gasteiger partial charge in [0.2, 0.25) is 5.95 Å². The van der Waals surface area contributed by atoms with E-state index in [-0.39, 0.29) is 54.1 Å². The third kappa shape index (κ3) is 12.4. The molecule has 0 amide bonds. The first-order chi connectivity index (χ1) is 25.6. The standard InChI is InChI=1S/C36H41F9N4O5S/c1-4-48(19-24-5-7-25(8-6-24)21-53-22-50)32-10-9-28(34(37,38)39)15-27(32)20-49(33-46-17-31(18-47-33)54-11-12-55(3,51)52)23(2)26-13-29(35(40,41)42)16-30(14-26)36(43,44)45/h9-10,13-18,22-25H,4-8,11-12,19-21H2,1-3H3. The molecule has 0 bridgehead atoms. The zero-order valence-electron chi connectivity index (χ0n) is 30.1. The van der Waals surface area contributed by atoms with Crippen molar-refractivity contribution < 1.29 is 62.2 Å². The highest BCUT2D eigenvalue weighted by Crippen LogP contribution is 2.41. The molecule has 0 saturated heterocycles. The summed E-state index contributed by atoms with van der Waals surface area (Å²) < 4.78 is 159. The van der Waals surface area contributed by atoms with Crippen LogP contribution in [0.4, 0.5) is 51.1 Å². The number of carbonyl (C=O) groups excluding carboxylic acids is 1. The van der Waals surface area contributed by atoms with Crippen LogP contribution in [0.2, 0.25) is 0 Å². The molecular weight excluding hydrogens is 771 g/mol. The van der Waals surface area contributed by atoms with Crippen molar-refractivity contribution in [3.05, 3.63) is 76.6 Å². The minimum absolute atomic E-state index is 0.0113. The topological polar surface area (TPSA) is 102 Å². The Labute approximate surface area is 312 Å². The fraction of sp³-hybridized carbons (Fsp3) is 0.528. The van der Waals surface area contributed by atoms with E-state index in [9.17, 15) is 52.7 Å². The van der Waals surface area contributed by atoms with E-state index in [0.717, 1.165) is 56.5 Å². The first kappa shape index (κ1) is 43.4. The van der Waals surface area contributed by atoms with Gasteiger partial charge in [-0.25, -0.2) is 18.4 Å². The average molecular weight is 813 g/mol. The minimum atomic E-state index is -5.17. The average Bonchev–Trinajstić information content (AvgIpc) is 3.10. The lowest BCUT2D eigenvalue weighted by Gasteiger charge is -2.36. The maximum Gasteiger partial charge on any atom is 0.416 e. The summed E-state index contributed by atoms with van der Waals surface area (Å²) in [6, 6.07) is 2.77. The molecule has 55 heavy (non-hydrogen) atoms. The van der Waals surface area contributed by atoms with E-state index in [2.05, 4.69) is 9.97 Å². The normalized spacial score (nSPS) is 17.4. The zero-order valence-corrected chi connectivity index (χ0v) is 31.0. The fourth-order valence-electron chi connectivity index (χ4n) is 6.47. The van der Waals surface area contributed by atoms with Crippen LogP contribution >= 0.6 is 0 Å². The summed E-state index contributed by atoms with van der Waals surface area (Å²) in [7, 11) is -3.40. The third-order valence-electron chi connectivity index (χ3n) is 9.47. The van der Waals surface area contributed by atoms with Gasteiger partial charge >= 0.3 is 18.5 Å². The first-order valence-corrected chi connectivity index (χ1v) is 19.3. The largest absolute Gasteiger partial charge is 0.489 e. The molecule has 1 fully saturated rings. The molecule has 1 heterocycles. The van der Waals surface area contributed by atoms with Crippen LogP contribution in [0.25, 0.3) is 0 Å². The van der Waals surface area contributed by atoms with Crippen molar-refractivity contribution in [3.8, 4) is 5.75 Å². The smallest absolute Gasteiger partial charge is 0.416 e. The van der Waals surface area contributed by atoms with Crippen molar-refractivity contribution in [3.63, 3.8) is 0 Å². The lowest BCUT2D eigenvalue weighted by Crippen LogP contribution is -2.34. The molecule has 0 radical (unpaired) electrons. The summed E-state index contributed by atoms with van der Waals surface area (Å²) >= 11 is 0. The fourth-order valence-corrected chi connectivity index (χ4v) is 6.86. The Morgan fingerprint density at radius 2 is 1.42 bits per heavy atom. The zero-order chi connectivity index (χ0) is 40.8. The second-order valence-electron chi connectivity index (χ2n) is 13.5. The summed E-state index contributed by atoms with van der Waals surface area (Å²) in [5.74, 6) is -0.323. The molecule has 9 nitrogen and oxygen atoms in total. The first-order valence-electron chi connectivity index (χ1n) is 17.3. The molecule has 19 heteroatoms. The van der Waals surface area contributed by atoms with Gasteiger partial charge in [-0.2, -0.15) is 39.5 Å². The number of sulfone groups is 1. The molecule has 1 atom stereocenters. The van der Waals surface area contributed by atoms with Crippen molar-refractivity contribution in [2.75, 3.05) is 48.1 Å². The Morgan fingerprint density at radius 3 is 1.93 bits per heavy atom. The Balaban J connectivity index is 1.79.